The molecule has 0 bridgehead atoms. The number of hydrogen-bond donors (Lipinski definition) is 2. The van der Waals surface area contributed by atoms with Crippen molar-refractivity contribution in [3.05, 3.63) is 24.3 Å². The molecule has 0 radical (unpaired) electrons. The number of hydrogen-bond acceptors (Lipinski definition) is 4. The molecule has 118 valence electrons. The minimum absolute atomic E-state index is 0.113. The molecule has 0 fully saturated rings. The Balaban J connectivity index is 2.49. The van der Waals surface area contributed by atoms with Gasteiger partial charge in [0.2, 0.25) is 0 Å². The van der Waals surface area contributed by atoms with E-state index in [4.69, 9.17) is 9.84 Å². The Hall–Kier alpha value is -1.59. The van der Waals surface area contributed by atoms with Crippen LogP contribution in [0.15, 0.2) is 24.3 Å². The molecular weight excluding hydrogens is 268 g/mol. The lowest BCUT2D eigenvalue weighted by Gasteiger charge is -2.18. The predicted octanol–water partition coefficient (Wildman–Crippen LogP) is 2.26. The fourth-order valence-corrected chi connectivity index (χ4v) is 1.80. The summed E-state index contributed by atoms with van der Waals surface area (Å²) in [6.45, 7) is 5.14. The molecule has 5 nitrogen and oxygen atoms in total. The quantitative estimate of drug-likeness (QED) is 0.686. The molecule has 1 aromatic rings. The van der Waals surface area contributed by atoms with E-state index in [0.717, 1.165) is 24.2 Å². The van der Waals surface area contributed by atoms with Gasteiger partial charge in [-0.05, 0) is 37.6 Å². The molecule has 0 saturated heterocycles. The number of aliphatic hydroxyl groups is 1. The summed E-state index contributed by atoms with van der Waals surface area (Å²) in [7, 11) is 1.91. The zero-order valence-corrected chi connectivity index (χ0v) is 13.1. The maximum Gasteiger partial charge on any atom is 0.253 e. The Morgan fingerprint density at radius 2 is 2.05 bits per heavy atom. The maximum absolute atomic E-state index is 11.9. The largest absolute Gasteiger partial charge is 0.395 e. The number of anilines is 2. The van der Waals surface area contributed by atoms with Crippen molar-refractivity contribution in [2.45, 2.75) is 32.8 Å². The van der Waals surface area contributed by atoms with Gasteiger partial charge in [-0.25, -0.2) is 0 Å². The Labute approximate surface area is 126 Å². The molecule has 2 N–H and O–H groups in total. The Kier molecular flexibility index (Phi) is 7.79. The molecule has 0 spiro atoms. The average molecular weight is 294 g/mol. The number of rotatable bonds is 9. The summed E-state index contributed by atoms with van der Waals surface area (Å²) in [4.78, 5) is 13.9. The first-order valence-electron chi connectivity index (χ1n) is 7.43. The number of amides is 1. The van der Waals surface area contributed by atoms with Gasteiger partial charge >= 0.3 is 0 Å². The summed E-state index contributed by atoms with van der Waals surface area (Å²) >= 11 is 0. The zero-order chi connectivity index (χ0) is 15.7. The minimum atomic E-state index is -0.451. The van der Waals surface area contributed by atoms with Gasteiger partial charge in [0, 0.05) is 31.6 Å². The van der Waals surface area contributed by atoms with E-state index in [9.17, 15) is 4.79 Å². The first kappa shape index (κ1) is 17.5. The van der Waals surface area contributed by atoms with Gasteiger partial charge in [0.05, 0.1) is 6.61 Å². The highest BCUT2D eigenvalue weighted by Crippen LogP contribution is 2.17. The summed E-state index contributed by atoms with van der Waals surface area (Å²) in [5.41, 5.74) is 1.74. The second-order valence-corrected chi connectivity index (χ2v) is 5.05. The van der Waals surface area contributed by atoms with E-state index >= 15 is 0 Å². The molecule has 0 aliphatic carbocycles. The summed E-state index contributed by atoms with van der Waals surface area (Å²) in [5.74, 6) is -0.137. The van der Waals surface area contributed by atoms with Gasteiger partial charge in [0.15, 0.2) is 0 Å². The van der Waals surface area contributed by atoms with Crippen molar-refractivity contribution in [3.8, 4) is 0 Å². The molecule has 0 aliphatic rings. The van der Waals surface area contributed by atoms with E-state index in [-0.39, 0.29) is 12.5 Å². The molecule has 1 atom stereocenters. The second kappa shape index (κ2) is 9.37. The molecular formula is C16H26N2O3. The predicted molar refractivity (Wildman–Crippen MR) is 85.7 cm³/mol. The first-order valence-corrected chi connectivity index (χ1v) is 7.43. The van der Waals surface area contributed by atoms with E-state index in [1.165, 1.54) is 0 Å². The highest BCUT2D eigenvalue weighted by Gasteiger charge is 2.13. The third-order valence-electron chi connectivity index (χ3n) is 3.25. The van der Waals surface area contributed by atoms with Crippen LogP contribution in [0, 0.1) is 0 Å². The number of unbranched alkanes of at least 4 members (excludes halogenated alkanes) is 1. The van der Waals surface area contributed by atoms with Gasteiger partial charge in [0.1, 0.15) is 6.10 Å². The molecule has 1 amide bonds. The lowest BCUT2D eigenvalue weighted by atomic mass is 10.2. The van der Waals surface area contributed by atoms with E-state index in [1.807, 2.05) is 36.2 Å². The Morgan fingerprint density at radius 1 is 1.38 bits per heavy atom. The molecule has 1 rings (SSSR count). The topological polar surface area (TPSA) is 61.8 Å². The van der Waals surface area contributed by atoms with Crippen LogP contribution in [0.5, 0.6) is 0 Å². The van der Waals surface area contributed by atoms with E-state index in [2.05, 4.69) is 12.2 Å². The summed E-state index contributed by atoms with van der Waals surface area (Å²) in [6, 6.07) is 7.52. The van der Waals surface area contributed by atoms with E-state index in [0.29, 0.717) is 13.2 Å². The molecule has 1 aromatic carbocycles. The summed E-state index contributed by atoms with van der Waals surface area (Å²) < 4.78 is 5.46. The van der Waals surface area contributed by atoms with Crippen LogP contribution in [0.25, 0.3) is 0 Å². The van der Waals surface area contributed by atoms with Gasteiger partial charge in [-0.2, -0.15) is 0 Å². The highest BCUT2D eigenvalue weighted by atomic mass is 16.5. The average Bonchev–Trinajstić information content (AvgIpc) is 2.48. The van der Waals surface area contributed by atoms with Gasteiger partial charge in [0.25, 0.3) is 5.91 Å². The van der Waals surface area contributed by atoms with Crippen molar-refractivity contribution in [1.29, 1.82) is 0 Å². The fraction of sp³-hybridized carbons (Fsp3) is 0.562. The molecule has 1 unspecified atom stereocenters. The van der Waals surface area contributed by atoms with Crippen LogP contribution >= 0.6 is 0 Å². The standard InChI is InChI=1S/C16H26N2O3/c1-4-5-12-21-13(2)16(20)17-14-6-8-15(9-7-14)18(3)10-11-19/h6-9,13,19H,4-5,10-12H2,1-3H3,(H,17,20). The molecule has 0 heterocycles. The van der Waals surface area contributed by atoms with E-state index < -0.39 is 6.10 Å². The Bertz CT molecular complexity index is 420. The van der Waals surface area contributed by atoms with Crippen LogP contribution in [0.4, 0.5) is 11.4 Å². The van der Waals surface area contributed by atoms with Crippen LogP contribution in [-0.2, 0) is 9.53 Å². The van der Waals surface area contributed by atoms with Crippen molar-refractivity contribution in [1.82, 2.24) is 0 Å². The number of aliphatic hydroxyl groups excluding tert-OH is 1. The van der Waals surface area contributed by atoms with Crippen molar-refractivity contribution < 1.29 is 14.6 Å². The summed E-state index contributed by atoms with van der Waals surface area (Å²) in [5, 5.41) is 11.7. The molecule has 0 aliphatic heterocycles. The lowest BCUT2D eigenvalue weighted by molar-refractivity contribution is -0.126. The SMILES string of the molecule is CCCCOC(C)C(=O)Nc1ccc(N(C)CCO)cc1. The van der Waals surface area contributed by atoms with Crippen LogP contribution in [0.1, 0.15) is 26.7 Å². The first-order chi connectivity index (χ1) is 10.1. The van der Waals surface area contributed by atoms with Crippen molar-refractivity contribution >= 4 is 17.3 Å². The normalized spacial score (nSPS) is 12.0. The van der Waals surface area contributed by atoms with E-state index in [1.54, 1.807) is 6.92 Å². The fourth-order valence-electron chi connectivity index (χ4n) is 1.80. The summed E-state index contributed by atoms with van der Waals surface area (Å²) in [6.07, 6.45) is 1.56. The Morgan fingerprint density at radius 3 is 2.62 bits per heavy atom. The number of likely N-dealkylation sites (N-methyl/N-ethyl adjacent to an activating group) is 1. The van der Waals surface area contributed by atoms with Crippen LogP contribution < -0.4 is 10.2 Å². The van der Waals surface area contributed by atoms with Gasteiger partial charge in [-0.15, -0.1) is 0 Å². The van der Waals surface area contributed by atoms with Crippen LogP contribution in [-0.4, -0.2) is 43.9 Å². The molecule has 0 saturated carbocycles. The van der Waals surface area contributed by atoms with Gasteiger partial charge in [-0.1, -0.05) is 13.3 Å². The number of ether oxygens (including phenoxy) is 1. The number of carbonyl (C=O) groups is 1. The molecule has 5 heteroatoms. The van der Waals surface area contributed by atoms with Gasteiger partial charge in [-0.3, -0.25) is 4.79 Å². The minimum Gasteiger partial charge on any atom is -0.395 e. The monoisotopic (exact) mass is 294 g/mol. The number of carbonyl (C=O) groups excluding carboxylic acids is 1. The highest BCUT2D eigenvalue weighted by molar-refractivity contribution is 5.94. The van der Waals surface area contributed by atoms with Crippen LogP contribution in [0.2, 0.25) is 0 Å². The van der Waals surface area contributed by atoms with Crippen molar-refractivity contribution in [2.24, 2.45) is 0 Å². The lowest BCUT2D eigenvalue weighted by Crippen LogP contribution is -2.28. The van der Waals surface area contributed by atoms with Crippen LogP contribution in [0.3, 0.4) is 0 Å². The van der Waals surface area contributed by atoms with Crippen molar-refractivity contribution in [3.63, 3.8) is 0 Å². The number of nitrogens with zero attached hydrogens (tertiary/aromatic N) is 1. The third kappa shape index (κ3) is 6.14. The molecule has 21 heavy (non-hydrogen) atoms. The van der Waals surface area contributed by atoms with Crippen molar-refractivity contribution in [2.75, 3.05) is 37.0 Å². The smallest absolute Gasteiger partial charge is 0.253 e. The number of benzene rings is 1. The third-order valence-corrected chi connectivity index (χ3v) is 3.25. The number of nitrogens with one attached hydrogen (secondary N) is 1. The zero-order valence-electron chi connectivity index (χ0n) is 13.1. The maximum atomic E-state index is 11.9. The molecule has 0 aromatic heterocycles. The second-order valence-electron chi connectivity index (χ2n) is 5.05. The van der Waals surface area contributed by atoms with Gasteiger partial charge < -0.3 is 20.1 Å².